The van der Waals surface area contributed by atoms with Gasteiger partial charge in [0.25, 0.3) is 0 Å². The van der Waals surface area contributed by atoms with Crippen molar-refractivity contribution in [1.29, 1.82) is 0 Å². The molecule has 0 unspecified atom stereocenters. The molecule has 0 saturated carbocycles. The van der Waals surface area contributed by atoms with Crippen molar-refractivity contribution in [2.45, 2.75) is 38.8 Å². The summed E-state index contributed by atoms with van der Waals surface area (Å²) >= 11 is 0. The van der Waals surface area contributed by atoms with Crippen LogP contribution in [0.4, 0.5) is 11.6 Å². The maximum atomic E-state index is 5.13. The predicted molar refractivity (Wildman–Crippen MR) is 73.0 cm³/mol. The summed E-state index contributed by atoms with van der Waals surface area (Å²) in [5.74, 6) is 2.56. The van der Waals surface area contributed by atoms with Crippen molar-refractivity contribution in [3.63, 3.8) is 0 Å². The van der Waals surface area contributed by atoms with Gasteiger partial charge in [-0.05, 0) is 26.7 Å². The Balaban J connectivity index is 2.34. The molecular formula is C13H22N4O. The van der Waals surface area contributed by atoms with E-state index in [1.807, 2.05) is 13.1 Å². The SMILES string of the molecule is CNc1cc(N2CCCC2(C)C)nc(COC)n1. The molecule has 2 rings (SSSR count). The average molecular weight is 250 g/mol. The van der Waals surface area contributed by atoms with E-state index in [9.17, 15) is 0 Å². The molecule has 1 aliphatic rings. The summed E-state index contributed by atoms with van der Waals surface area (Å²) in [5.41, 5.74) is 0.170. The van der Waals surface area contributed by atoms with Crippen LogP contribution in [0.2, 0.25) is 0 Å². The topological polar surface area (TPSA) is 50.3 Å². The Morgan fingerprint density at radius 2 is 2.22 bits per heavy atom. The molecule has 0 aromatic carbocycles. The van der Waals surface area contributed by atoms with Gasteiger partial charge in [0.05, 0.1) is 0 Å². The molecule has 1 saturated heterocycles. The lowest BCUT2D eigenvalue weighted by Crippen LogP contribution is -2.38. The lowest BCUT2D eigenvalue weighted by molar-refractivity contribution is 0.178. The number of rotatable bonds is 4. The van der Waals surface area contributed by atoms with Crippen LogP contribution < -0.4 is 10.2 Å². The van der Waals surface area contributed by atoms with E-state index in [0.717, 1.165) is 24.0 Å². The maximum absolute atomic E-state index is 5.13. The Morgan fingerprint density at radius 3 is 2.78 bits per heavy atom. The van der Waals surface area contributed by atoms with E-state index < -0.39 is 0 Å². The van der Waals surface area contributed by atoms with Gasteiger partial charge >= 0.3 is 0 Å². The number of aromatic nitrogens is 2. The summed E-state index contributed by atoms with van der Waals surface area (Å²) in [7, 11) is 3.53. The normalized spacial score (nSPS) is 18.1. The standard InChI is InChI=1S/C13H22N4O/c1-13(2)6-5-7-17(13)12-8-10(14-3)15-11(16-12)9-18-4/h8H,5-7,9H2,1-4H3,(H,14,15,16). The van der Waals surface area contributed by atoms with Gasteiger partial charge in [0, 0.05) is 32.3 Å². The minimum Gasteiger partial charge on any atom is -0.377 e. The van der Waals surface area contributed by atoms with Gasteiger partial charge in [-0.2, -0.15) is 0 Å². The third-order valence-electron chi connectivity index (χ3n) is 3.47. The molecule has 2 heterocycles. The van der Waals surface area contributed by atoms with Crippen LogP contribution in [0.5, 0.6) is 0 Å². The lowest BCUT2D eigenvalue weighted by atomic mass is 10.0. The first-order valence-electron chi connectivity index (χ1n) is 6.39. The second kappa shape index (κ2) is 5.10. The van der Waals surface area contributed by atoms with Gasteiger partial charge in [-0.25, -0.2) is 9.97 Å². The highest BCUT2D eigenvalue weighted by molar-refractivity contribution is 5.51. The van der Waals surface area contributed by atoms with Crippen LogP contribution in [0.15, 0.2) is 6.07 Å². The predicted octanol–water partition coefficient (Wildman–Crippen LogP) is 2.04. The van der Waals surface area contributed by atoms with E-state index in [1.165, 1.54) is 12.8 Å². The van der Waals surface area contributed by atoms with E-state index in [-0.39, 0.29) is 5.54 Å². The highest BCUT2D eigenvalue weighted by Crippen LogP contribution is 2.33. The Kier molecular flexibility index (Phi) is 3.71. The fraction of sp³-hybridized carbons (Fsp3) is 0.692. The van der Waals surface area contributed by atoms with E-state index in [0.29, 0.717) is 6.61 Å². The quantitative estimate of drug-likeness (QED) is 0.886. The third kappa shape index (κ3) is 2.56. The summed E-state index contributed by atoms with van der Waals surface area (Å²) in [6.07, 6.45) is 2.41. The highest BCUT2D eigenvalue weighted by atomic mass is 16.5. The van der Waals surface area contributed by atoms with Gasteiger partial charge in [0.15, 0.2) is 5.82 Å². The first kappa shape index (κ1) is 13.1. The van der Waals surface area contributed by atoms with Gasteiger partial charge in [-0.3, -0.25) is 0 Å². The molecule has 1 aromatic heterocycles. The number of methoxy groups -OCH3 is 1. The molecule has 5 heteroatoms. The van der Waals surface area contributed by atoms with Crippen molar-refractivity contribution in [1.82, 2.24) is 9.97 Å². The number of anilines is 2. The number of nitrogens with one attached hydrogen (secondary N) is 1. The average Bonchev–Trinajstić information content (AvgIpc) is 2.69. The molecule has 100 valence electrons. The smallest absolute Gasteiger partial charge is 0.158 e. The summed E-state index contributed by atoms with van der Waals surface area (Å²) in [6, 6.07) is 2.01. The Bertz CT molecular complexity index is 419. The molecule has 5 nitrogen and oxygen atoms in total. The number of ether oxygens (including phenoxy) is 1. The van der Waals surface area contributed by atoms with Crippen LogP contribution in [0.3, 0.4) is 0 Å². The Labute approximate surface area is 109 Å². The van der Waals surface area contributed by atoms with Crippen molar-refractivity contribution in [2.75, 3.05) is 30.9 Å². The Morgan fingerprint density at radius 1 is 1.44 bits per heavy atom. The second-order valence-electron chi connectivity index (χ2n) is 5.28. The first-order chi connectivity index (χ1) is 8.56. The molecule has 1 aromatic rings. The van der Waals surface area contributed by atoms with Crippen molar-refractivity contribution in [3.05, 3.63) is 11.9 Å². The summed E-state index contributed by atoms with van der Waals surface area (Å²) in [4.78, 5) is 11.3. The molecule has 18 heavy (non-hydrogen) atoms. The molecule has 0 atom stereocenters. The molecule has 0 radical (unpaired) electrons. The van der Waals surface area contributed by atoms with E-state index >= 15 is 0 Å². The van der Waals surface area contributed by atoms with Crippen LogP contribution in [-0.2, 0) is 11.3 Å². The van der Waals surface area contributed by atoms with Gasteiger partial charge < -0.3 is 15.0 Å². The van der Waals surface area contributed by atoms with Gasteiger partial charge in [-0.1, -0.05) is 0 Å². The molecule has 1 N–H and O–H groups in total. The van der Waals surface area contributed by atoms with Crippen LogP contribution in [0.25, 0.3) is 0 Å². The fourth-order valence-corrected chi connectivity index (χ4v) is 2.48. The van der Waals surface area contributed by atoms with E-state index in [2.05, 4.69) is 34.0 Å². The minimum atomic E-state index is 0.170. The Hall–Kier alpha value is -1.36. The summed E-state index contributed by atoms with van der Waals surface area (Å²) in [6.45, 7) is 6.02. The zero-order valence-electron chi connectivity index (χ0n) is 11.7. The van der Waals surface area contributed by atoms with Crippen LogP contribution in [0.1, 0.15) is 32.5 Å². The lowest BCUT2D eigenvalue weighted by Gasteiger charge is -2.33. The van der Waals surface area contributed by atoms with Gasteiger partial charge in [0.2, 0.25) is 0 Å². The molecular weight excluding hydrogens is 228 g/mol. The van der Waals surface area contributed by atoms with Gasteiger partial charge in [0.1, 0.15) is 18.2 Å². The van der Waals surface area contributed by atoms with Crippen LogP contribution in [-0.4, -0.2) is 36.2 Å². The van der Waals surface area contributed by atoms with E-state index in [4.69, 9.17) is 4.74 Å². The van der Waals surface area contributed by atoms with Crippen molar-refractivity contribution < 1.29 is 4.74 Å². The van der Waals surface area contributed by atoms with Crippen LogP contribution in [0, 0.1) is 0 Å². The van der Waals surface area contributed by atoms with Crippen molar-refractivity contribution >= 4 is 11.6 Å². The van der Waals surface area contributed by atoms with Crippen LogP contribution >= 0.6 is 0 Å². The summed E-state index contributed by atoms with van der Waals surface area (Å²) < 4.78 is 5.13. The molecule has 0 bridgehead atoms. The number of hydrogen-bond acceptors (Lipinski definition) is 5. The molecule has 1 fully saturated rings. The van der Waals surface area contributed by atoms with E-state index in [1.54, 1.807) is 7.11 Å². The monoisotopic (exact) mass is 250 g/mol. The number of hydrogen-bond donors (Lipinski definition) is 1. The zero-order valence-corrected chi connectivity index (χ0v) is 11.7. The fourth-order valence-electron chi connectivity index (χ4n) is 2.48. The minimum absolute atomic E-state index is 0.170. The molecule has 0 amide bonds. The molecule has 0 aliphatic carbocycles. The maximum Gasteiger partial charge on any atom is 0.158 e. The summed E-state index contributed by atoms with van der Waals surface area (Å²) in [5, 5.41) is 3.08. The number of nitrogens with zero attached hydrogens (tertiary/aromatic N) is 3. The second-order valence-corrected chi connectivity index (χ2v) is 5.28. The molecule has 0 spiro atoms. The zero-order chi connectivity index (χ0) is 13.2. The largest absolute Gasteiger partial charge is 0.377 e. The van der Waals surface area contributed by atoms with Crippen molar-refractivity contribution in [3.8, 4) is 0 Å². The molecule has 1 aliphatic heterocycles. The van der Waals surface area contributed by atoms with Crippen molar-refractivity contribution in [2.24, 2.45) is 0 Å². The van der Waals surface area contributed by atoms with Gasteiger partial charge in [-0.15, -0.1) is 0 Å². The third-order valence-corrected chi connectivity index (χ3v) is 3.47. The first-order valence-corrected chi connectivity index (χ1v) is 6.39. The highest BCUT2D eigenvalue weighted by Gasteiger charge is 2.33.